The zero-order chi connectivity index (χ0) is 12.3. The minimum Gasteiger partial charge on any atom is -0.383 e. The first-order valence-electron chi connectivity index (χ1n) is 5.15. The van der Waals surface area contributed by atoms with Crippen molar-refractivity contribution < 1.29 is 9.84 Å². The van der Waals surface area contributed by atoms with Gasteiger partial charge in [0.15, 0.2) is 0 Å². The summed E-state index contributed by atoms with van der Waals surface area (Å²) in [5.74, 6) is 0. The Morgan fingerprint density at radius 2 is 2.47 bits per heavy atom. The molecule has 0 aliphatic carbocycles. The van der Waals surface area contributed by atoms with E-state index in [4.69, 9.17) is 4.74 Å². The number of ether oxygens (including phenoxy) is 1. The first kappa shape index (κ1) is 13.0. The molecule has 0 aromatic carbocycles. The van der Waals surface area contributed by atoms with Gasteiger partial charge < -0.3 is 9.84 Å². The lowest BCUT2D eigenvalue weighted by molar-refractivity contribution is 0.171. The molecule has 0 bridgehead atoms. The molecular weight excluding hydrogens is 351 g/mol. The van der Waals surface area contributed by atoms with Crippen LogP contribution < -0.4 is 0 Å². The van der Waals surface area contributed by atoms with Crippen molar-refractivity contribution in [3.05, 3.63) is 37.9 Å². The average molecular weight is 364 g/mol. The van der Waals surface area contributed by atoms with Gasteiger partial charge >= 0.3 is 0 Å². The van der Waals surface area contributed by atoms with Gasteiger partial charge in [0.1, 0.15) is 6.10 Å². The van der Waals surface area contributed by atoms with E-state index >= 15 is 0 Å². The number of halogens is 1. The number of nitrogens with zero attached hydrogens (tertiary/aromatic N) is 2. The largest absolute Gasteiger partial charge is 0.383 e. The number of hydrogen-bond donors (Lipinski definition) is 1. The van der Waals surface area contributed by atoms with E-state index in [-0.39, 0.29) is 0 Å². The Hall–Kier alpha value is -0.440. The van der Waals surface area contributed by atoms with E-state index in [0.29, 0.717) is 13.2 Å². The van der Waals surface area contributed by atoms with Crippen molar-refractivity contribution >= 4 is 33.9 Å². The zero-order valence-electron chi connectivity index (χ0n) is 9.34. The molecule has 1 unspecified atom stereocenters. The summed E-state index contributed by atoms with van der Waals surface area (Å²) >= 11 is 3.87. The summed E-state index contributed by atoms with van der Waals surface area (Å²) in [6, 6.07) is 3.83. The highest BCUT2D eigenvalue weighted by atomic mass is 127. The highest BCUT2D eigenvalue weighted by molar-refractivity contribution is 14.1. The molecule has 0 aliphatic rings. The molecule has 1 atom stereocenters. The highest BCUT2D eigenvalue weighted by Crippen LogP contribution is 2.26. The Labute approximate surface area is 117 Å². The van der Waals surface area contributed by atoms with Crippen molar-refractivity contribution in [2.45, 2.75) is 12.6 Å². The maximum atomic E-state index is 10.3. The number of aromatic nitrogens is 2. The van der Waals surface area contributed by atoms with Gasteiger partial charge in [0.2, 0.25) is 0 Å². The topological polar surface area (TPSA) is 47.3 Å². The number of methoxy groups -OCH3 is 1. The molecule has 0 saturated heterocycles. The summed E-state index contributed by atoms with van der Waals surface area (Å²) in [4.78, 5) is 0. The summed E-state index contributed by atoms with van der Waals surface area (Å²) in [6.45, 7) is 1.24. The maximum Gasteiger partial charge on any atom is 0.121 e. The standard InChI is InChI=1S/C11H13IN2O2S/c1-16-5-4-14-9(2-3-13-14)11(15)8-6-10(12)17-7-8/h2-3,6-7,11,15H,4-5H2,1H3. The Balaban J connectivity index is 2.18. The molecule has 0 spiro atoms. The minimum atomic E-state index is -0.617. The average Bonchev–Trinajstić information content (AvgIpc) is 2.94. The third-order valence-electron chi connectivity index (χ3n) is 2.44. The van der Waals surface area contributed by atoms with Crippen molar-refractivity contribution in [3.63, 3.8) is 0 Å². The molecule has 2 rings (SSSR count). The molecule has 2 heterocycles. The highest BCUT2D eigenvalue weighted by Gasteiger charge is 2.16. The van der Waals surface area contributed by atoms with Crippen molar-refractivity contribution in [2.75, 3.05) is 13.7 Å². The number of thiophene rings is 1. The smallest absolute Gasteiger partial charge is 0.121 e. The maximum absolute atomic E-state index is 10.3. The molecule has 0 aliphatic heterocycles. The fourth-order valence-corrected chi connectivity index (χ4v) is 2.97. The zero-order valence-corrected chi connectivity index (χ0v) is 12.3. The molecule has 0 fully saturated rings. The van der Waals surface area contributed by atoms with Crippen LogP contribution in [0.5, 0.6) is 0 Å². The van der Waals surface area contributed by atoms with Crippen LogP contribution in [-0.4, -0.2) is 28.6 Å². The summed E-state index contributed by atoms with van der Waals surface area (Å²) in [6.07, 6.45) is 1.08. The van der Waals surface area contributed by atoms with Gasteiger partial charge in [-0.3, -0.25) is 4.68 Å². The van der Waals surface area contributed by atoms with Crippen molar-refractivity contribution in [1.29, 1.82) is 0 Å². The van der Waals surface area contributed by atoms with Crippen LogP contribution in [0.1, 0.15) is 17.4 Å². The van der Waals surface area contributed by atoms with Crippen molar-refractivity contribution in [1.82, 2.24) is 9.78 Å². The van der Waals surface area contributed by atoms with Crippen molar-refractivity contribution in [3.8, 4) is 0 Å². The number of rotatable bonds is 5. The molecule has 17 heavy (non-hydrogen) atoms. The fraction of sp³-hybridized carbons (Fsp3) is 0.364. The van der Waals surface area contributed by atoms with Gasteiger partial charge in [-0.2, -0.15) is 5.10 Å². The molecule has 0 amide bonds. The third-order valence-corrected chi connectivity index (χ3v) is 4.25. The summed E-state index contributed by atoms with van der Waals surface area (Å²) in [7, 11) is 1.65. The van der Waals surface area contributed by atoms with Crippen LogP contribution in [0.25, 0.3) is 0 Å². The predicted molar refractivity (Wildman–Crippen MR) is 75.2 cm³/mol. The summed E-state index contributed by atoms with van der Waals surface area (Å²) < 4.78 is 7.96. The Morgan fingerprint density at radius 1 is 1.65 bits per heavy atom. The molecule has 92 valence electrons. The molecule has 2 aromatic rings. The first-order valence-corrected chi connectivity index (χ1v) is 7.11. The predicted octanol–water partition coefficient (Wildman–Crippen LogP) is 2.28. The van der Waals surface area contributed by atoms with Gasteiger partial charge in [-0.05, 0) is 45.7 Å². The summed E-state index contributed by atoms with van der Waals surface area (Å²) in [5.41, 5.74) is 1.72. The van der Waals surface area contributed by atoms with Crippen molar-refractivity contribution in [2.24, 2.45) is 0 Å². The minimum absolute atomic E-state index is 0.586. The van der Waals surface area contributed by atoms with E-state index in [0.717, 1.165) is 11.3 Å². The normalized spacial score (nSPS) is 12.9. The van der Waals surface area contributed by atoms with Crippen LogP contribution in [0.2, 0.25) is 0 Å². The fourth-order valence-electron chi connectivity index (χ4n) is 1.58. The molecule has 6 heteroatoms. The number of hydrogen-bond acceptors (Lipinski definition) is 4. The molecule has 2 aromatic heterocycles. The van der Waals surface area contributed by atoms with Gasteiger partial charge in [0, 0.05) is 13.3 Å². The van der Waals surface area contributed by atoms with Crippen LogP contribution in [-0.2, 0) is 11.3 Å². The van der Waals surface area contributed by atoms with E-state index in [9.17, 15) is 5.11 Å². The first-order chi connectivity index (χ1) is 8.22. The van der Waals surface area contributed by atoms with Crippen LogP contribution in [0.4, 0.5) is 0 Å². The van der Waals surface area contributed by atoms with E-state index < -0.39 is 6.10 Å². The van der Waals surface area contributed by atoms with Crippen LogP contribution >= 0.6 is 33.9 Å². The van der Waals surface area contributed by atoms with Gasteiger partial charge in [0.05, 0.1) is 21.7 Å². The lowest BCUT2D eigenvalue weighted by Crippen LogP contribution is -2.12. The molecule has 1 N–H and O–H groups in total. The quantitative estimate of drug-likeness (QED) is 0.829. The lowest BCUT2D eigenvalue weighted by Gasteiger charge is -2.11. The van der Waals surface area contributed by atoms with E-state index in [1.807, 2.05) is 17.5 Å². The second-order valence-electron chi connectivity index (χ2n) is 3.56. The van der Waals surface area contributed by atoms with Gasteiger partial charge in [-0.15, -0.1) is 11.3 Å². The molecule has 0 radical (unpaired) electrons. The van der Waals surface area contributed by atoms with E-state index in [1.165, 1.54) is 2.88 Å². The molecular formula is C11H13IN2O2S. The van der Waals surface area contributed by atoms with E-state index in [2.05, 4.69) is 27.7 Å². The second kappa shape index (κ2) is 5.94. The molecule has 4 nitrogen and oxygen atoms in total. The third kappa shape index (κ3) is 3.06. The second-order valence-corrected chi connectivity index (χ2v) is 6.36. The number of aliphatic hydroxyl groups is 1. The number of aliphatic hydroxyl groups excluding tert-OH is 1. The van der Waals surface area contributed by atoms with Gasteiger partial charge in [0.25, 0.3) is 0 Å². The van der Waals surface area contributed by atoms with Gasteiger partial charge in [-0.1, -0.05) is 0 Å². The Bertz CT molecular complexity index is 483. The Morgan fingerprint density at radius 3 is 3.12 bits per heavy atom. The van der Waals surface area contributed by atoms with Crippen LogP contribution in [0, 0.1) is 2.88 Å². The Kier molecular flexibility index (Phi) is 4.55. The summed E-state index contributed by atoms with van der Waals surface area (Å²) in [5, 5.41) is 16.4. The van der Waals surface area contributed by atoms with Crippen LogP contribution in [0.3, 0.4) is 0 Å². The molecule has 0 saturated carbocycles. The lowest BCUT2D eigenvalue weighted by atomic mass is 10.1. The monoisotopic (exact) mass is 364 g/mol. The van der Waals surface area contributed by atoms with Crippen LogP contribution in [0.15, 0.2) is 23.7 Å². The SMILES string of the molecule is COCCn1nccc1C(O)c1csc(I)c1. The van der Waals surface area contributed by atoms with E-state index in [1.54, 1.807) is 29.3 Å². The van der Waals surface area contributed by atoms with Gasteiger partial charge in [-0.25, -0.2) is 0 Å².